The molecule has 1 aromatic heterocycles. The van der Waals surface area contributed by atoms with Gasteiger partial charge in [-0.2, -0.15) is 0 Å². The van der Waals surface area contributed by atoms with E-state index in [0.29, 0.717) is 0 Å². The van der Waals surface area contributed by atoms with E-state index in [1.165, 1.54) is 0 Å². The van der Waals surface area contributed by atoms with Gasteiger partial charge in [0.05, 0.1) is 3.57 Å². The van der Waals surface area contributed by atoms with E-state index in [2.05, 4.69) is 58.6 Å². The zero-order chi connectivity index (χ0) is 12.3. The van der Waals surface area contributed by atoms with Crippen molar-refractivity contribution in [2.75, 3.05) is 19.5 Å². The zero-order valence-corrected chi connectivity index (χ0v) is 12.5. The van der Waals surface area contributed by atoms with Crippen LogP contribution in [0.5, 0.6) is 0 Å². The molecule has 0 aliphatic carbocycles. The van der Waals surface area contributed by atoms with Crippen molar-refractivity contribution in [2.24, 2.45) is 5.41 Å². The largest absolute Gasteiger partial charge is 0.373 e. The minimum absolute atomic E-state index is 0.0213. The van der Waals surface area contributed by atoms with Crippen molar-refractivity contribution in [3.63, 3.8) is 0 Å². The first kappa shape index (κ1) is 13.6. The van der Waals surface area contributed by atoms with Crippen LogP contribution in [0.15, 0.2) is 6.20 Å². The predicted molar refractivity (Wildman–Crippen MR) is 73.5 cm³/mol. The number of halogens is 1. The van der Waals surface area contributed by atoms with Crippen LogP contribution >= 0.6 is 22.6 Å². The van der Waals surface area contributed by atoms with Gasteiger partial charge < -0.3 is 10.1 Å². The van der Waals surface area contributed by atoms with E-state index in [-0.39, 0.29) is 11.5 Å². The van der Waals surface area contributed by atoms with Gasteiger partial charge in [-0.15, -0.1) is 0 Å². The molecule has 0 fully saturated rings. The molecule has 0 aliphatic rings. The molecule has 90 valence electrons. The Labute approximate surface area is 110 Å². The van der Waals surface area contributed by atoms with Gasteiger partial charge in [0.1, 0.15) is 11.9 Å². The van der Waals surface area contributed by atoms with Crippen molar-refractivity contribution in [1.29, 1.82) is 0 Å². The molecule has 1 rings (SSSR count). The first-order valence-electron chi connectivity index (χ1n) is 5.13. The van der Waals surface area contributed by atoms with Crippen LogP contribution < -0.4 is 5.32 Å². The van der Waals surface area contributed by atoms with Crippen LogP contribution in [0.3, 0.4) is 0 Å². The van der Waals surface area contributed by atoms with E-state index >= 15 is 0 Å². The number of hydrogen-bond donors (Lipinski definition) is 1. The lowest BCUT2D eigenvalue weighted by Crippen LogP contribution is -2.22. The standard InChI is InChI=1S/C11H18IN3O/c1-11(2,3)8(16-5)10-14-6-7(12)9(13-4)15-10/h6,8H,1-5H3,(H,13,14,15). The molecule has 0 spiro atoms. The molecule has 1 N–H and O–H groups in total. The molecular formula is C11H18IN3O. The van der Waals surface area contributed by atoms with Gasteiger partial charge >= 0.3 is 0 Å². The van der Waals surface area contributed by atoms with Gasteiger partial charge in [-0.25, -0.2) is 9.97 Å². The molecule has 0 saturated heterocycles. The van der Waals surface area contributed by atoms with Crippen LogP contribution in [0.25, 0.3) is 0 Å². The van der Waals surface area contributed by atoms with Gasteiger partial charge in [0.15, 0.2) is 5.82 Å². The Kier molecular flexibility index (Phi) is 4.49. The summed E-state index contributed by atoms with van der Waals surface area (Å²) >= 11 is 2.21. The summed E-state index contributed by atoms with van der Waals surface area (Å²) < 4.78 is 6.49. The summed E-state index contributed by atoms with van der Waals surface area (Å²) in [6, 6.07) is 0. The SMILES string of the molecule is CNc1nc(C(OC)C(C)(C)C)ncc1I. The van der Waals surface area contributed by atoms with Crippen LogP contribution in [0.4, 0.5) is 5.82 Å². The zero-order valence-electron chi connectivity index (χ0n) is 10.3. The Balaban J connectivity index is 3.12. The van der Waals surface area contributed by atoms with E-state index in [4.69, 9.17) is 4.74 Å². The minimum Gasteiger partial charge on any atom is -0.373 e. The van der Waals surface area contributed by atoms with Crippen LogP contribution in [0, 0.1) is 8.99 Å². The topological polar surface area (TPSA) is 47.0 Å². The smallest absolute Gasteiger partial charge is 0.160 e. The van der Waals surface area contributed by atoms with Crippen LogP contribution in [-0.2, 0) is 4.74 Å². The van der Waals surface area contributed by atoms with Crippen LogP contribution in [0.1, 0.15) is 32.7 Å². The lowest BCUT2D eigenvalue weighted by atomic mass is 9.88. The summed E-state index contributed by atoms with van der Waals surface area (Å²) in [5.41, 5.74) is -0.0213. The van der Waals surface area contributed by atoms with Crippen molar-refractivity contribution in [2.45, 2.75) is 26.9 Å². The monoisotopic (exact) mass is 335 g/mol. The Morgan fingerprint density at radius 2 is 2.06 bits per heavy atom. The highest BCUT2D eigenvalue weighted by atomic mass is 127. The molecule has 0 radical (unpaired) electrons. The molecule has 1 atom stereocenters. The van der Waals surface area contributed by atoms with E-state index < -0.39 is 0 Å². The quantitative estimate of drug-likeness (QED) is 0.863. The van der Waals surface area contributed by atoms with Crippen molar-refractivity contribution < 1.29 is 4.74 Å². The normalized spacial score (nSPS) is 13.6. The number of nitrogens with zero attached hydrogens (tertiary/aromatic N) is 2. The fraction of sp³-hybridized carbons (Fsp3) is 0.636. The molecule has 16 heavy (non-hydrogen) atoms. The first-order valence-corrected chi connectivity index (χ1v) is 6.21. The Morgan fingerprint density at radius 1 is 1.44 bits per heavy atom. The van der Waals surface area contributed by atoms with Gasteiger partial charge in [-0.05, 0) is 28.0 Å². The molecule has 1 unspecified atom stereocenters. The number of rotatable bonds is 3. The summed E-state index contributed by atoms with van der Waals surface area (Å²) in [5.74, 6) is 1.57. The molecule has 4 nitrogen and oxygen atoms in total. The van der Waals surface area contributed by atoms with E-state index in [0.717, 1.165) is 15.2 Å². The van der Waals surface area contributed by atoms with Gasteiger partial charge in [0, 0.05) is 20.4 Å². The highest BCUT2D eigenvalue weighted by Gasteiger charge is 2.29. The fourth-order valence-corrected chi connectivity index (χ4v) is 2.06. The van der Waals surface area contributed by atoms with Gasteiger partial charge in [-0.1, -0.05) is 20.8 Å². The molecule has 0 saturated carbocycles. The number of nitrogens with one attached hydrogen (secondary N) is 1. The summed E-state index contributed by atoms with van der Waals surface area (Å²) in [5, 5.41) is 3.05. The number of ether oxygens (including phenoxy) is 1. The van der Waals surface area contributed by atoms with Crippen LogP contribution in [-0.4, -0.2) is 24.1 Å². The number of aromatic nitrogens is 2. The molecule has 0 aliphatic heterocycles. The van der Waals surface area contributed by atoms with Gasteiger partial charge in [0.2, 0.25) is 0 Å². The second-order valence-electron chi connectivity index (χ2n) is 4.66. The van der Waals surface area contributed by atoms with Crippen molar-refractivity contribution in [3.05, 3.63) is 15.6 Å². The first-order chi connectivity index (χ1) is 7.40. The molecular weight excluding hydrogens is 317 g/mol. The maximum absolute atomic E-state index is 5.48. The Morgan fingerprint density at radius 3 is 2.50 bits per heavy atom. The highest BCUT2D eigenvalue weighted by Crippen LogP contribution is 2.34. The second-order valence-corrected chi connectivity index (χ2v) is 5.82. The Bertz CT molecular complexity index is 363. The maximum Gasteiger partial charge on any atom is 0.160 e. The molecule has 0 amide bonds. The summed E-state index contributed by atoms with van der Waals surface area (Å²) in [7, 11) is 3.55. The minimum atomic E-state index is -0.100. The lowest BCUT2D eigenvalue weighted by molar-refractivity contribution is 0.00873. The van der Waals surface area contributed by atoms with Crippen molar-refractivity contribution in [1.82, 2.24) is 9.97 Å². The molecule has 0 bridgehead atoms. The number of hydrogen-bond acceptors (Lipinski definition) is 4. The molecule has 1 heterocycles. The van der Waals surface area contributed by atoms with Gasteiger partial charge in [-0.3, -0.25) is 0 Å². The highest BCUT2D eigenvalue weighted by molar-refractivity contribution is 14.1. The van der Waals surface area contributed by atoms with E-state index in [1.54, 1.807) is 7.11 Å². The maximum atomic E-state index is 5.48. The van der Waals surface area contributed by atoms with Gasteiger partial charge in [0.25, 0.3) is 0 Å². The average molecular weight is 335 g/mol. The summed E-state index contributed by atoms with van der Waals surface area (Å²) in [6.07, 6.45) is 1.71. The summed E-state index contributed by atoms with van der Waals surface area (Å²) in [4.78, 5) is 8.81. The van der Waals surface area contributed by atoms with Crippen molar-refractivity contribution in [3.8, 4) is 0 Å². The molecule has 0 aromatic carbocycles. The third-order valence-electron chi connectivity index (χ3n) is 2.26. The van der Waals surface area contributed by atoms with E-state index in [9.17, 15) is 0 Å². The summed E-state index contributed by atoms with van der Waals surface area (Å²) in [6.45, 7) is 6.34. The van der Waals surface area contributed by atoms with E-state index in [1.807, 2.05) is 13.2 Å². The van der Waals surface area contributed by atoms with Crippen LogP contribution in [0.2, 0.25) is 0 Å². The second kappa shape index (κ2) is 5.27. The Hall–Kier alpha value is -0.430. The average Bonchev–Trinajstić information content (AvgIpc) is 2.19. The third-order valence-corrected chi connectivity index (χ3v) is 3.05. The lowest BCUT2D eigenvalue weighted by Gasteiger charge is -2.28. The number of anilines is 1. The molecule has 5 heteroatoms. The molecule has 1 aromatic rings. The predicted octanol–water partition coefficient (Wildman–Crippen LogP) is 2.86. The van der Waals surface area contributed by atoms with Crippen molar-refractivity contribution >= 4 is 28.4 Å². The number of methoxy groups -OCH3 is 1. The fourth-order valence-electron chi connectivity index (χ4n) is 1.53. The third kappa shape index (κ3) is 3.04.